The Balaban J connectivity index is 1.80. The number of nitrogens with one attached hydrogen (secondary N) is 2. The topological polar surface area (TPSA) is 76.1 Å². The van der Waals surface area contributed by atoms with E-state index < -0.39 is 17.6 Å². The Morgan fingerprint density at radius 1 is 1.07 bits per heavy atom. The lowest BCUT2D eigenvalue weighted by atomic mass is 10.1. The molecule has 0 radical (unpaired) electrons. The number of methoxy groups -OCH3 is 1. The summed E-state index contributed by atoms with van der Waals surface area (Å²) in [5.41, 5.74) is -0.746. The van der Waals surface area contributed by atoms with Gasteiger partial charge in [-0.15, -0.1) is 0 Å². The second-order valence-electron chi connectivity index (χ2n) is 5.62. The van der Waals surface area contributed by atoms with E-state index in [1.165, 1.54) is 37.6 Å². The molecule has 0 unspecified atom stereocenters. The van der Waals surface area contributed by atoms with Crippen LogP contribution in [0.4, 0.5) is 30.5 Å². The van der Waals surface area contributed by atoms with E-state index in [2.05, 4.69) is 20.6 Å². The van der Waals surface area contributed by atoms with Crippen molar-refractivity contribution in [3.05, 3.63) is 72.1 Å². The number of aromatic nitrogens is 2. The van der Waals surface area contributed by atoms with E-state index in [4.69, 9.17) is 4.74 Å². The molecule has 0 bridgehead atoms. The van der Waals surface area contributed by atoms with Gasteiger partial charge in [0.05, 0.1) is 18.4 Å². The monoisotopic (exact) mass is 388 g/mol. The highest BCUT2D eigenvalue weighted by molar-refractivity contribution is 6.03. The van der Waals surface area contributed by atoms with Gasteiger partial charge in [0, 0.05) is 18.0 Å². The summed E-state index contributed by atoms with van der Waals surface area (Å²) in [7, 11) is 1.53. The van der Waals surface area contributed by atoms with Gasteiger partial charge in [-0.25, -0.2) is 9.97 Å². The molecular formula is C19H15F3N4O2. The number of para-hydroxylation sites is 1. The second-order valence-corrected chi connectivity index (χ2v) is 5.62. The predicted octanol–water partition coefficient (Wildman–Crippen LogP) is 4.50. The molecule has 6 nitrogen and oxygen atoms in total. The Labute approximate surface area is 158 Å². The van der Waals surface area contributed by atoms with Crippen molar-refractivity contribution in [3.63, 3.8) is 0 Å². The van der Waals surface area contributed by atoms with Crippen LogP contribution < -0.4 is 15.4 Å². The standard InChI is InChI=1S/C19H15F3N4O2/c1-28-13-6-4-5-12(11-13)24-18-23-10-9-16(26-18)17(27)25-15-8-3-2-7-14(15)19(20,21)22/h2-11H,1H3,(H,25,27)(H,23,24,26). The number of alkyl halides is 3. The van der Waals surface area contributed by atoms with Crippen molar-refractivity contribution in [3.8, 4) is 5.75 Å². The van der Waals surface area contributed by atoms with Crippen LogP contribution in [-0.2, 0) is 6.18 Å². The molecule has 2 N–H and O–H groups in total. The van der Waals surface area contributed by atoms with E-state index in [9.17, 15) is 18.0 Å². The lowest BCUT2D eigenvalue weighted by Crippen LogP contribution is -2.18. The van der Waals surface area contributed by atoms with Gasteiger partial charge >= 0.3 is 6.18 Å². The molecule has 1 aromatic heterocycles. The summed E-state index contributed by atoms with van der Waals surface area (Å²) in [4.78, 5) is 20.5. The quantitative estimate of drug-likeness (QED) is 0.673. The maximum Gasteiger partial charge on any atom is 0.418 e. The number of benzene rings is 2. The first-order valence-electron chi connectivity index (χ1n) is 8.08. The number of halogens is 3. The second kappa shape index (κ2) is 7.95. The predicted molar refractivity (Wildman–Crippen MR) is 97.7 cm³/mol. The van der Waals surface area contributed by atoms with Crippen LogP contribution >= 0.6 is 0 Å². The number of carbonyl (C=O) groups is 1. The average Bonchev–Trinajstić information content (AvgIpc) is 2.68. The summed E-state index contributed by atoms with van der Waals surface area (Å²) in [5, 5.41) is 5.16. The van der Waals surface area contributed by atoms with Gasteiger partial charge < -0.3 is 15.4 Å². The zero-order valence-electron chi connectivity index (χ0n) is 14.6. The van der Waals surface area contributed by atoms with Crippen molar-refractivity contribution in [2.24, 2.45) is 0 Å². The summed E-state index contributed by atoms with van der Waals surface area (Å²) < 4.78 is 44.3. The molecule has 0 saturated carbocycles. The third-order valence-electron chi connectivity index (χ3n) is 3.69. The molecule has 2 aromatic carbocycles. The van der Waals surface area contributed by atoms with Gasteiger partial charge in [0.1, 0.15) is 11.4 Å². The molecule has 0 saturated heterocycles. The van der Waals surface area contributed by atoms with Crippen LogP contribution in [0.2, 0.25) is 0 Å². The van der Waals surface area contributed by atoms with Crippen LogP contribution in [0.5, 0.6) is 5.75 Å². The third kappa shape index (κ3) is 4.56. The number of ether oxygens (including phenoxy) is 1. The van der Waals surface area contributed by atoms with Crippen LogP contribution in [0.25, 0.3) is 0 Å². The number of carbonyl (C=O) groups excluding carboxylic acids is 1. The summed E-state index contributed by atoms with van der Waals surface area (Å²) in [6, 6.07) is 13.0. The molecular weight excluding hydrogens is 373 g/mol. The van der Waals surface area contributed by atoms with Gasteiger partial charge in [-0.1, -0.05) is 18.2 Å². The highest BCUT2D eigenvalue weighted by atomic mass is 19.4. The van der Waals surface area contributed by atoms with E-state index in [1.54, 1.807) is 24.3 Å². The van der Waals surface area contributed by atoms with Gasteiger partial charge in [-0.05, 0) is 30.3 Å². The Hall–Kier alpha value is -3.62. The maximum atomic E-state index is 13.1. The van der Waals surface area contributed by atoms with E-state index in [1.807, 2.05) is 0 Å². The van der Waals surface area contributed by atoms with Crippen LogP contribution in [0.3, 0.4) is 0 Å². The first-order chi connectivity index (χ1) is 13.4. The number of hydrogen-bond donors (Lipinski definition) is 2. The van der Waals surface area contributed by atoms with Gasteiger partial charge in [-0.2, -0.15) is 13.2 Å². The van der Waals surface area contributed by atoms with Gasteiger partial charge in [0.2, 0.25) is 5.95 Å². The largest absolute Gasteiger partial charge is 0.497 e. The fraction of sp³-hybridized carbons (Fsp3) is 0.105. The zero-order valence-corrected chi connectivity index (χ0v) is 14.6. The van der Waals surface area contributed by atoms with Gasteiger partial charge in [0.15, 0.2) is 0 Å². The minimum absolute atomic E-state index is 0.0858. The molecule has 0 aliphatic carbocycles. The smallest absolute Gasteiger partial charge is 0.418 e. The van der Waals surface area contributed by atoms with Crippen molar-refractivity contribution in [2.45, 2.75) is 6.18 Å². The van der Waals surface area contributed by atoms with Crippen LogP contribution in [0, 0.1) is 0 Å². The van der Waals surface area contributed by atoms with Crippen LogP contribution in [0.1, 0.15) is 16.1 Å². The number of nitrogens with zero attached hydrogens (tertiary/aromatic N) is 2. The molecule has 28 heavy (non-hydrogen) atoms. The molecule has 0 fully saturated rings. The molecule has 1 heterocycles. The number of anilines is 3. The fourth-order valence-electron chi connectivity index (χ4n) is 2.40. The molecule has 3 rings (SSSR count). The first-order valence-corrected chi connectivity index (χ1v) is 8.08. The highest BCUT2D eigenvalue weighted by Crippen LogP contribution is 2.34. The molecule has 9 heteroatoms. The van der Waals surface area contributed by atoms with Crippen molar-refractivity contribution in [1.29, 1.82) is 0 Å². The van der Waals surface area contributed by atoms with E-state index in [0.717, 1.165) is 6.07 Å². The minimum Gasteiger partial charge on any atom is -0.497 e. The summed E-state index contributed by atoms with van der Waals surface area (Å²) in [5.74, 6) is -0.0551. The van der Waals surface area contributed by atoms with Crippen molar-refractivity contribution < 1.29 is 22.7 Å². The van der Waals surface area contributed by atoms with E-state index in [0.29, 0.717) is 11.4 Å². The van der Waals surface area contributed by atoms with Gasteiger partial charge in [0.25, 0.3) is 5.91 Å². The summed E-state index contributed by atoms with van der Waals surface area (Å²) >= 11 is 0. The molecule has 0 spiro atoms. The summed E-state index contributed by atoms with van der Waals surface area (Å²) in [6.07, 6.45) is -3.26. The number of amides is 1. The molecule has 3 aromatic rings. The van der Waals surface area contributed by atoms with Crippen LogP contribution in [-0.4, -0.2) is 23.0 Å². The maximum absolute atomic E-state index is 13.1. The van der Waals surface area contributed by atoms with Crippen molar-refractivity contribution in [1.82, 2.24) is 9.97 Å². The van der Waals surface area contributed by atoms with E-state index >= 15 is 0 Å². The molecule has 144 valence electrons. The third-order valence-corrected chi connectivity index (χ3v) is 3.69. The molecule has 0 aliphatic heterocycles. The fourth-order valence-corrected chi connectivity index (χ4v) is 2.40. The summed E-state index contributed by atoms with van der Waals surface area (Å²) in [6.45, 7) is 0. The number of hydrogen-bond acceptors (Lipinski definition) is 5. The van der Waals surface area contributed by atoms with E-state index in [-0.39, 0.29) is 17.3 Å². The lowest BCUT2D eigenvalue weighted by Gasteiger charge is -2.13. The normalized spacial score (nSPS) is 11.0. The molecule has 0 aliphatic rings. The molecule has 1 amide bonds. The van der Waals surface area contributed by atoms with Crippen LogP contribution in [0.15, 0.2) is 60.8 Å². The van der Waals surface area contributed by atoms with Crippen molar-refractivity contribution in [2.75, 3.05) is 17.7 Å². The van der Waals surface area contributed by atoms with Gasteiger partial charge in [-0.3, -0.25) is 4.79 Å². The highest BCUT2D eigenvalue weighted by Gasteiger charge is 2.33. The Kier molecular flexibility index (Phi) is 5.44. The first kappa shape index (κ1) is 19.2. The Morgan fingerprint density at radius 3 is 2.61 bits per heavy atom. The Bertz CT molecular complexity index is 993. The van der Waals surface area contributed by atoms with Crippen molar-refractivity contribution >= 4 is 23.2 Å². The average molecular weight is 388 g/mol. The number of rotatable bonds is 5. The SMILES string of the molecule is COc1cccc(Nc2nccc(C(=O)Nc3ccccc3C(F)(F)F)n2)c1. The zero-order chi connectivity index (χ0) is 20.1. The Morgan fingerprint density at radius 2 is 1.86 bits per heavy atom. The minimum atomic E-state index is -4.59. The molecule has 0 atom stereocenters. The lowest BCUT2D eigenvalue weighted by molar-refractivity contribution is -0.136.